The molecule has 0 saturated carbocycles. The minimum atomic E-state index is -3.85. The highest BCUT2D eigenvalue weighted by Gasteiger charge is 2.32. The molecule has 0 aromatic heterocycles. The van der Waals surface area contributed by atoms with Gasteiger partial charge in [0.15, 0.2) is 0 Å². The number of hydrogen-bond donors (Lipinski definition) is 4. The molecule has 3 aromatic rings. The average Bonchev–Trinajstić information content (AvgIpc) is 2.93. The maximum atomic E-state index is 13.4. The molecule has 3 rings (SSSR count). The van der Waals surface area contributed by atoms with Crippen LogP contribution in [0.5, 0.6) is 0 Å². The number of nitrogens with zero attached hydrogens (tertiary/aromatic N) is 1. The molecule has 0 radical (unpaired) electrons. The number of benzene rings is 3. The predicted molar refractivity (Wildman–Crippen MR) is 155 cm³/mol. The number of nitrogen functional groups attached to an aromatic ring is 1. The number of amides is 1. The van der Waals surface area contributed by atoms with Crippen LogP contribution in [0.3, 0.4) is 0 Å². The van der Waals surface area contributed by atoms with E-state index in [4.69, 9.17) is 11.5 Å². The van der Waals surface area contributed by atoms with Crippen LogP contribution in [0, 0.1) is 5.92 Å². The lowest BCUT2D eigenvalue weighted by molar-refractivity contribution is -0.122. The van der Waals surface area contributed by atoms with Gasteiger partial charge in [0.25, 0.3) is 0 Å². The summed E-state index contributed by atoms with van der Waals surface area (Å²) in [7, 11) is -3.85. The Morgan fingerprint density at radius 3 is 1.95 bits per heavy atom. The summed E-state index contributed by atoms with van der Waals surface area (Å²) in [6.45, 7) is 4.08. The maximum Gasteiger partial charge on any atom is 0.243 e. The number of hydrogen-bond acceptors (Lipinski definition) is 6. The molecule has 0 fully saturated rings. The molecule has 210 valence electrons. The number of nitrogens with two attached hydrogens (primary N) is 2. The normalized spacial score (nSPS) is 13.5. The van der Waals surface area contributed by atoms with Gasteiger partial charge in [0.2, 0.25) is 15.9 Å². The zero-order valence-corrected chi connectivity index (χ0v) is 23.4. The van der Waals surface area contributed by atoms with Crippen molar-refractivity contribution in [2.24, 2.45) is 11.7 Å². The standard InChI is InChI=1S/C30H40N4O4S/c1-22(2)20-34(39(37,38)27-17-15-25(31)16-18-27)26(21-35)14-9-19-33-30(36)29(32)28(23-10-5-3-6-11-23)24-12-7-4-8-13-24/h3-8,10-13,15-18,22,26,28-29,35H,9,14,19-21,31-32H2,1-2H3,(H,33,36). The summed E-state index contributed by atoms with van der Waals surface area (Å²) in [5.74, 6) is -0.556. The van der Waals surface area contributed by atoms with E-state index in [1.54, 1.807) is 12.1 Å². The third-order valence-electron chi connectivity index (χ3n) is 6.64. The van der Waals surface area contributed by atoms with Crippen molar-refractivity contribution in [1.29, 1.82) is 0 Å². The molecule has 1 amide bonds. The fourth-order valence-electron chi connectivity index (χ4n) is 4.65. The van der Waals surface area contributed by atoms with Crippen LogP contribution in [-0.2, 0) is 14.8 Å². The number of rotatable bonds is 14. The average molecular weight is 553 g/mol. The van der Waals surface area contributed by atoms with Gasteiger partial charge >= 0.3 is 0 Å². The maximum absolute atomic E-state index is 13.4. The molecule has 0 spiro atoms. The Hall–Kier alpha value is -3.24. The highest BCUT2D eigenvalue weighted by molar-refractivity contribution is 7.89. The van der Waals surface area contributed by atoms with Crippen LogP contribution in [0.2, 0.25) is 0 Å². The first-order chi connectivity index (χ1) is 18.6. The minimum Gasteiger partial charge on any atom is -0.399 e. The Balaban J connectivity index is 1.66. The molecule has 9 heteroatoms. The Morgan fingerprint density at radius 2 is 1.46 bits per heavy atom. The van der Waals surface area contributed by atoms with E-state index in [1.165, 1.54) is 16.4 Å². The van der Waals surface area contributed by atoms with Crippen LogP contribution in [0.15, 0.2) is 89.8 Å². The van der Waals surface area contributed by atoms with Crippen molar-refractivity contribution in [2.45, 2.75) is 49.6 Å². The summed E-state index contributed by atoms with van der Waals surface area (Å²) >= 11 is 0. The molecular formula is C30H40N4O4S. The Kier molecular flexibility index (Phi) is 11.1. The molecule has 0 aliphatic carbocycles. The van der Waals surface area contributed by atoms with E-state index in [9.17, 15) is 18.3 Å². The smallest absolute Gasteiger partial charge is 0.243 e. The van der Waals surface area contributed by atoms with Crippen LogP contribution in [0.25, 0.3) is 0 Å². The summed E-state index contributed by atoms with van der Waals surface area (Å²) in [4.78, 5) is 13.2. The molecule has 8 nitrogen and oxygen atoms in total. The first-order valence-corrected chi connectivity index (χ1v) is 14.7. The number of aliphatic hydroxyl groups is 1. The second-order valence-corrected chi connectivity index (χ2v) is 12.0. The number of nitrogens with one attached hydrogen (secondary N) is 1. The lowest BCUT2D eigenvalue weighted by Gasteiger charge is -2.31. The van der Waals surface area contributed by atoms with Crippen molar-refractivity contribution in [1.82, 2.24) is 9.62 Å². The molecule has 2 unspecified atom stereocenters. The van der Waals surface area contributed by atoms with E-state index >= 15 is 0 Å². The van der Waals surface area contributed by atoms with Gasteiger partial charge in [-0.2, -0.15) is 4.31 Å². The van der Waals surface area contributed by atoms with Gasteiger partial charge in [0, 0.05) is 30.7 Å². The predicted octanol–water partition coefficient (Wildman–Crippen LogP) is 3.33. The Morgan fingerprint density at radius 1 is 0.923 bits per heavy atom. The molecule has 39 heavy (non-hydrogen) atoms. The zero-order valence-electron chi connectivity index (χ0n) is 22.6. The van der Waals surface area contributed by atoms with Crippen LogP contribution >= 0.6 is 0 Å². The molecule has 0 aliphatic heterocycles. The van der Waals surface area contributed by atoms with Crippen molar-refractivity contribution in [3.05, 3.63) is 96.1 Å². The number of anilines is 1. The highest BCUT2D eigenvalue weighted by atomic mass is 32.2. The second kappa shape index (κ2) is 14.2. The van der Waals surface area contributed by atoms with Crippen molar-refractivity contribution >= 4 is 21.6 Å². The molecule has 0 heterocycles. The van der Waals surface area contributed by atoms with Crippen molar-refractivity contribution < 1.29 is 18.3 Å². The molecular weight excluding hydrogens is 512 g/mol. The van der Waals surface area contributed by atoms with Crippen molar-refractivity contribution in [2.75, 3.05) is 25.4 Å². The molecule has 0 saturated heterocycles. The molecule has 0 bridgehead atoms. The second-order valence-electron chi connectivity index (χ2n) is 10.1. The SMILES string of the molecule is CC(C)CN(C(CO)CCCNC(=O)C(N)C(c1ccccc1)c1ccccc1)S(=O)(=O)c1ccc(N)cc1. The van der Waals surface area contributed by atoms with Crippen LogP contribution in [-0.4, -0.2) is 55.5 Å². The van der Waals surface area contributed by atoms with E-state index in [2.05, 4.69) is 5.32 Å². The number of carbonyl (C=O) groups is 1. The lowest BCUT2D eigenvalue weighted by Crippen LogP contribution is -2.46. The summed E-state index contributed by atoms with van der Waals surface area (Å²) in [6, 6.07) is 24.0. The van der Waals surface area contributed by atoms with E-state index in [0.717, 1.165) is 11.1 Å². The minimum absolute atomic E-state index is 0.0493. The van der Waals surface area contributed by atoms with E-state index in [-0.39, 0.29) is 35.8 Å². The van der Waals surface area contributed by atoms with E-state index < -0.39 is 22.1 Å². The summed E-state index contributed by atoms with van der Waals surface area (Å²) in [5.41, 5.74) is 14.6. The fourth-order valence-corrected chi connectivity index (χ4v) is 6.46. The topological polar surface area (TPSA) is 139 Å². The first-order valence-electron chi connectivity index (χ1n) is 13.3. The molecule has 2 atom stereocenters. The number of aliphatic hydroxyl groups excluding tert-OH is 1. The van der Waals surface area contributed by atoms with Gasteiger partial charge in [0.1, 0.15) is 0 Å². The molecule has 3 aromatic carbocycles. The van der Waals surface area contributed by atoms with Gasteiger partial charge in [-0.3, -0.25) is 4.79 Å². The zero-order chi connectivity index (χ0) is 28.4. The largest absolute Gasteiger partial charge is 0.399 e. The number of carbonyl (C=O) groups excluding carboxylic acids is 1. The van der Waals surface area contributed by atoms with Gasteiger partial charge < -0.3 is 21.9 Å². The first kappa shape index (κ1) is 30.3. The summed E-state index contributed by atoms with van der Waals surface area (Å²) in [6.07, 6.45) is 0.838. The third-order valence-corrected chi connectivity index (χ3v) is 8.57. The number of sulfonamides is 1. The van der Waals surface area contributed by atoms with Crippen LogP contribution in [0.4, 0.5) is 5.69 Å². The van der Waals surface area contributed by atoms with Gasteiger partial charge in [0.05, 0.1) is 17.5 Å². The van der Waals surface area contributed by atoms with Crippen LogP contribution < -0.4 is 16.8 Å². The summed E-state index contributed by atoms with van der Waals surface area (Å²) < 4.78 is 28.2. The summed E-state index contributed by atoms with van der Waals surface area (Å²) in [5, 5.41) is 13.1. The van der Waals surface area contributed by atoms with Gasteiger partial charge in [-0.1, -0.05) is 74.5 Å². The highest BCUT2D eigenvalue weighted by Crippen LogP contribution is 2.27. The third kappa shape index (κ3) is 8.12. The van der Waals surface area contributed by atoms with Gasteiger partial charge in [-0.15, -0.1) is 0 Å². The molecule has 6 N–H and O–H groups in total. The van der Waals surface area contributed by atoms with Crippen molar-refractivity contribution in [3.8, 4) is 0 Å². The monoisotopic (exact) mass is 552 g/mol. The van der Waals surface area contributed by atoms with E-state index in [0.29, 0.717) is 25.1 Å². The van der Waals surface area contributed by atoms with Gasteiger partial charge in [-0.05, 0) is 54.2 Å². The van der Waals surface area contributed by atoms with Crippen molar-refractivity contribution in [3.63, 3.8) is 0 Å². The quantitative estimate of drug-likeness (QED) is 0.179. The Labute approximate surface area is 232 Å². The van der Waals surface area contributed by atoms with Crippen LogP contribution in [0.1, 0.15) is 43.7 Å². The molecule has 0 aliphatic rings. The van der Waals surface area contributed by atoms with Gasteiger partial charge in [-0.25, -0.2) is 8.42 Å². The fraction of sp³-hybridized carbons (Fsp3) is 0.367. The van der Waals surface area contributed by atoms with E-state index in [1.807, 2.05) is 74.5 Å². The lowest BCUT2D eigenvalue weighted by atomic mass is 9.85. The Bertz CT molecular complexity index is 1230.